The summed E-state index contributed by atoms with van der Waals surface area (Å²) in [4.78, 5) is 10.6. The van der Waals surface area contributed by atoms with Crippen molar-refractivity contribution in [1.82, 2.24) is 0 Å². The second-order valence-corrected chi connectivity index (χ2v) is 5.21. The van der Waals surface area contributed by atoms with E-state index in [4.69, 9.17) is 4.74 Å². The van der Waals surface area contributed by atoms with Gasteiger partial charge in [0.2, 0.25) is 10.4 Å². The summed E-state index contributed by atoms with van der Waals surface area (Å²) >= 11 is 0. The van der Waals surface area contributed by atoms with Gasteiger partial charge in [0.15, 0.2) is 0 Å². The summed E-state index contributed by atoms with van der Waals surface area (Å²) in [5.41, 5.74) is 0. The van der Waals surface area contributed by atoms with Gasteiger partial charge in [-0.15, -0.1) is 0 Å². The first-order chi connectivity index (χ1) is 8.58. The van der Waals surface area contributed by atoms with E-state index in [2.05, 4.69) is 31.8 Å². The molecule has 0 fully saturated rings. The monoisotopic (exact) mass is 297 g/mol. The minimum absolute atomic E-state index is 0.0914. The topological polar surface area (TPSA) is 92.7 Å². The lowest BCUT2D eigenvalue weighted by atomic mass is 10.4. The fraction of sp³-hybridized carbons (Fsp3) is 0.727. The Bertz CT molecular complexity index is 363. The van der Waals surface area contributed by atoms with Crippen molar-refractivity contribution in [3.63, 3.8) is 0 Å². The standard InChI is InChI=1S/C9H18NO2.C2H6O4S/c1-5-9(11)12-8-7-10(3,4)6-2;1-2-6-7(3,4)5/h5H,1,6-8H2,2-4H3;2H2,1H3,(H,3,4,5)/q+1;/p-1. The molecule has 0 atom stereocenters. The van der Waals surface area contributed by atoms with Crippen LogP contribution in [0.5, 0.6) is 0 Å². The van der Waals surface area contributed by atoms with E-state index in [0.29, 0.717) is 6.61 Å². The molecule has 0 aromatic heterocycles. The van der Waals surface area contributed by atoms with Crippen molar-refractivity contribution in [2.75, 3.05) is 40.4 Å². The molecule has 0 amide bonds. The van der Waals surface area contributed by atoms with Gasteiger partial charge in [-0.1, -0.05) is 6.58 Å². The lowest BCUT2D eigenvalue weighted by Crippen LogP contribution is -2.42. The highest BCUT2D eigenvalue weighted by molar-refractivity contribution is 7.80. The molecule has 114 valence electrons. The van der Waals surface area contributed by atoms with Gasteiger partial charge >= 0.3 is 5.97 Å². The van der Waals surface area contributed by atoms with E-state index in [1.54, 1.807) is 0 Å². The maximum absolute atomic E-state index is 10.6. The fourth-order valence-corrected chi connectivity index (χ4v) is 1.04. The van der Waals surface area contributed by atoms with Gasteiger partial charge in [0.25, 0.3) is 0 Å². The molecule has 7 nitrogen and oxygen atoms in total. The molecule has 0 bridgehead atoms. The van der Waals surface area contributed by atoms with Crippen LogP contribution in [0.25, 0.3) is 0 Å². The van der Waals surface area contributed by atoms with Crippen molar-refractivity contribution < 1.29 is 31.2 Å². The third-order valence-electron chi connectivity index (χ3n) is 2.23. The molecule has 0 aliphatic rings. The van der Waals surface area contributed by atoms with E-state index in [1.165, 1.54) is 13.0 Å². The van der Waals surface area contributed by atoms with Crippen LogP contribution < -0.4 is 0 Å². The molecule has 0 radical (unpaired) electrons. The van der Waals surface area contributed by atoms with Crippen LogP contribution in [0.15, 0.2) is 12.7 Å². The molecule has 19 heavy (non-hydrogen) atoms. The minimum atomic E-state index is -4.42. The number of hydrogen-bond donors (Lipinski definition) is 0. The third kappa shape index (κ3) is 17.0. The van der Waals surface area contributed by atoms with Crippen LogP contribution in [0, 0.1) is 0 Å². The molecular weight excluding hydrogens is 274 g/mol. The van der Waals surface area contributed by atoms with Crippen molar-refractivity contribution in [3.05, 3.63) is 12.7 Å². The summed E-state index contributed by atoms with van der Waals surface area (Å²) in [6.07, 6.45) is 1.19. The average molecular weight is 297 g/mol. The predicted molar refractivity (Wildman–Crippen MR) is 70.0 cm³/mol. The first-order valence-electron chi connectivity index (χ1n) is 5.79. The van der Waals surface area contributed by atoms with Crippen molar-refractivity contribution in [2.45, 2.75) is 13.8 Å². The number of quaternary nitrogens is 1. The number of ether oxygens (including phenoxy) is 1. The maximum Gasteiger partial charge on any atom is 0.330 e. The molecule has 0 unspecified atom stereocenters. The van der Waals surface area contributed by atoms with Gasteiger partial charge in [-0.05, 0) is 13.8 Å². The Hall–Kier alpha value is -0.960. The van der Waals surface area contributed by atoms with Crippen LogP contribution in [0.2, 0.25) is 0 Å². The molecule has 0 aromatic carbocycles. The quantitative estimate of drug-likeness (QED) is 0.220. The van der Waals surface area contributed by atoms with E-state index in [9.17, 15) is 17.8 Å². The average Bonchev–Trinajstić information content (AvgIpc) is 2.28. The number of rotatable bonds is 7. The summed E-state index contributed by atoms with van der Waals surface area (Å²) in [5, 5.41) is 0. The van der Waals surface area contributed by atoms with Gasteiger partial charge < -0.3 is 13.8 Å². The van der Waals surface area contributed by atoms with Crippen LogP contribution in [0.4, 0.5) is 0 Å². The second-order valence-electron chi connectivity index (χ2n) is 4.16. The third-order valence-corrected chi connectivity index (χ3v) is 2.75. The van der Waals surface area contributed by atoms with Gasteiger partial charge in [0.1, 0.15) is 13.2 Å². The van der Waals surface area contributed by atoms with Crippen LogP contribution in [0.3, 0.4) is 0 Å². The Morgan fingerprint density at radius 1 is 1.37 bits per heavy atom. The van der Waals surface area contributed by atoms with Gasteiger partial charge in [-0.3, -0.25) is 4.18 Å². The van der Waals surface area contributed by atoms with Crippen LogP contribution in [-0.4, -0.2) is 63.8 Å². The Labute approximate surface area is 115 Å². The van der Waals surface area contributed by atoms with Crippen molar-refractivity contribution >= 4 is 16.4 Å². The van der Waals surface area contributed by atoms with E-state index in [0.717, 1.165) is 17.6 Å². The highest BCUT2D eigenvalue weighted by Crippen LogP contribution is 1.95. The highest BCUT2D eigenvalue weighted by atomic mass is 32.3. The molecule has 8 heteroatoms. The predicted octanol–water partition coefficient (Wildman–Crippen LogP) is 0.295. The zero-order valence-corrected chi connectivity index (χ0v) is 12.7. The Kier molecular flexibility index (Phi) is 10.6. The molecular formula is C11H23NO6S. The number of likely N-dealkylation sites (N-methyl/N-ethyl adjacent to an activating group) is 1. The molecule has 0 rings (SSSR count). The zero-order chi connectivity index (χ0) is 15.5. The van der Waals surface area contributed by atoms with Crippen molar-refractivity contribution in [1.29, 1.82) is 0 Å². The van der Waals surface area contributed by atoms with E-state index in [1.807, 2.05) is 0 Å². The highest BCUT2D eigenvalue weighted by Gasteiger charge is 2.11. The van der Waals surface area contributed by atoms with Crippen LogP contribution in [0.1, 0.15) is 13.8 Å². The van der Waals surface area contributed by atoms with Gasteiger partial charge in [-0.2, -0.15) is 0 Å². The number of carbonyl (C=O) groups is 1. The van der Waals surface area contributed by atoms with Crippen LogP contribution >= 0.6 is 0 Å². The van der Waals surface area contributed by atoms with Crippen LogP contribution in [-0.2, 0) is 24.1 Å². The molecule has 0 aliphatic carbocycles. The lowest BCUT2D eigenvalue weighted by Gasteiger charge is -2.27. The summed E-state index contributed by atoms with van der Waals surface area (Å²) in [6.45, 7) is 9.10. The lowest BCUT2D eigenvalue weighted by molar-refractivity contribution is -0.888. The number of nitrogens with zero attached hydrogens (tertiary/aromatic N) is 1. The smallest absolute Gasteiger partial charge is 0.330 e. The molecule has 0 aliphatic heterocycles. The number of esters is 1. The number of carbonyl (C=O) groups excluding carboxylic acids is 1. The Morgan fingerprint density at radius 3 is 2.16 bits per heavy atom. The second kappa shape index (κ2) is 9.90. The fourth-order valence-electron chi connectivity index (χ4n) is 0.755. The van der Waals surface area contributed by atoms with Crippen molar-refractivity contribution in [3.8, 4) is 0 Å². The van der Waals surface area contributed by atoms with E-state index in [-0.39, 0.29) is 12.6 Å². The Morgan fingerprint density at radius 2 is 1.89 bits per heavy atom. The summed E-state index contributed by atoms with van der Waals surface area (Å²) in [7, 11) is -0.226. The zero-order valence-electron chi connectivity index (χ0n) is 11.9. The first kappa shape index (κ1) is 20.4. The SMILES string of the molecule is C=CC(=O)OCC[N+](C)(C)CC.CCOS(=O)(=O)[O-]. The normalized spacial score (nSPS) is 11.2. The number of hydrogen-bond acceptors (Lipinski definition) is 6. The minimum Gasteiger partial charge on any atom is -0.726 e. The largest absolute Gasteiger partial charge is 0.726 e. The van der Waals surface area contributed by atoms with Gasteiger partial charge in [0.05, 0.1) is 27.2 Å². The van der Waals surface area contributed by atoms with E-state index >= 15 is 0 Å². The molecule has 0 saturated carbocycles. The molecule has 0 N–H and O–H groups in total. The van der Waals surface area contributed by atoms with Gasteiger partial charge in [0, 0.05) is 6.08 Å². The van der Waals surface area contributed by atoms with Crippen molar-refractivity contribution in [2.24, 2.45) is 0 Å². The molecule has 0 aromatic rings. The molecule has 0 saturated heterocycles. The maximum atomic E-state index is 10.6. The summed E-state index contributed by atoms with van der Waals surface area (Å²) in [6, 6.07) is 0. The van der Waals surface area contributed by atoms with Gasteiger partial charge in [-0.25, -0.2) is 13.2 Å². The summed E-state index contributed by atoms with van der Waals surface area (Å²) in [5.74, 6) is -0.342. The van der Waals surface area contributed by atoms with E-state index < -0.39 is 10.4 Å². The Balaban J connectivity index is 0. The summed E-state index contributed by atoms with van der Waals surface area (Å²) < 4.78 is 37.7. The first-order valence-corrected chi connectivity index (χ1v) is 7.12. The molecule has 0 heterocycles. The molecule has 0 spiro atoms.